The molecule has 11 nitrogen and oxygen atoms in total. The Morgan fingerprint density at radius 1 is 1.20 bits per heavy atom. The van der Waals surface area contributed by atoms with Gasteiger partial charge in [0.1, 0.15) is 12.2 Å². The van der Waals surface area contributed by atoms with E-state index in [1.54, 1.807) is 20.8 Å². The fraction of sp³-hybridized carbons (Fsp3) is 0.750. The van der Waals surface area contributed by atoms with Crippen LogP contribution in [0, 0.1) is 28.6 Å². The Morgan fingerprint density at radius 2 is 1.89 bits per heavy atom. The third kappa shape index (κ3) is 2.66. The van der Waals surface area contributed by atoms with Gasteiger partial charge in [0.2, 0.25) is 11.7 Å². The Kier molecular flexibility index (Phi) is 5.19. The van der Waals surface area contributed by atoms with Crippen LogP contribution in [0.15, 0.2) is 11.3 Å². The van der Waals surface area contributed by atoms with Crippen LogP contribution in [0.3, 0.4) is 0 Å². The smallest absolute Gasteiger partial charge is 0.348 e. The molecule has 0 aromatic heterocycles. The lowest BCUT2D eigenvalue weighted by Gasteiger charge is -2.67. The Morgan fingerprint density at radius 3 is 2.51 bits per heavy atom. The van der Waals surface area contributed by atoms with Gasteiger partial charge in [-0.1, -0.05) is 13.8 Å². The molecule has 2 saturated carbocycles. The van der Waals surface area contributed by atoms with Crippen LogP contribution in [0.25, 0.3) is 0 Å². The van der Waals surface area contributed by atoms with Crippen LogP contribution in [0.4, 0.5) is 0 Å². The van der Waals surface area contributed by atoms with Crippen LogP contribution >= 0.6 is 0 Å². The molecule has 3 N–H and O–H groups in total. The van der Waals surface area contributed by atoms with Crippen molar-refractivity contribution in [2.75, 3.05) is 13.7 Å². The number of hydrogen-bond acceptors (Lipinski definition) is 11. The fourth-order valence-electron chi connectivity index (χ4n) is 8.08. The van der Waals surface area contributed by atoms with Crippen LogP contribution in [0.5, 0.6) is 0 Å². The van der Waals surface area contributed by atoms with Gasteiger partial charge in [-0.25, -0.2) is 9.59 Å². The normalized spacial score (nSPS) is 48.0. The van der Waals surface area contributed by atoms with E-state index < -0.39 is 82.3 Å². The molecular weight excluding hydrogens is 464 g/mol. The van der Waals surface area contributed by atoms with Crippen LogP contribution < -0.4 is 0 Å². The molecule has 0 aromatic carbocycles. The summed E-state index contributed by atoms with van der Waals surface area (Å²) in [6.45, 7) is 4.76. The van der Waals surface area contributed by atoms with Crippen LogP contribution in [0.2, 0.25) is 0 Å². The van der Waals surface area contributed by atoms with E-state index in [4.69, 9.17) is 18.9 Å². The molecule has 5 rings (SSSR count). The van der Waals surface area contributed by atoms with Gasteiger partial charge in [0.05, 0.1) is 25.7 Å². The summed E-state index contributed by atoms with van der Waals surface area (Å²) in [6.07, 6.45) is -5.89. The lowest BCUT2D eigenvalue weighted by atomic mass is 9.38. The third-order valence-corrected chi connectivity index (χ3v) is 9.39. The molecule has 0 radical (unpaired) electrons. The molecule has 4 fully saturated rings. The standard InChI is InChI=1S/C24H30O11/c1-5-13(26)35-16-18-23-8-33-24(18,21(31)32-4)19(29)15(28)17(23)22(3)7-11(25)14(27)9(2)10(22)6-12(23)34-20(16)30/h10,12,15-19,27-29H,5-8H2,1-4H3. The van der Waals surface area contributed by atoms with Crippen molar-refractivity contribution in [2.24, 2.45) is 28.6 Å². The molecule has 2 heterocycles. The van der Waals surface area contributed by atoms with E-state index in [1.165, 1.54) is 0 Å². The Bertz CT molecular complexity index is 1050. The molecule has 11 heteroatoms. The molecule has 3 aliphatic carbocycles. The zero-order valence-corrected chi connectivity index (χ0v) is 20.0. The molecule has 192 valence electrons. The minimum atomic E-state index is -2.18. The molecule has 10 atom stereocenters. The Balaban J connectivity index is 1.76. The molecule has 5 aliphatic rings. The molecular formula is C24H30O11. The number of methoxy groups -OCH3 is 1. The third-order valence-electron chi connectivity index (χ3n) is 9.39. The van der Waals surface area contributed by atoms with Gasteiger partial charge in [0.15, 0.2) is 11.5 Å². The number of aliphatic hydroxyl groups excluding tert-OH is 3. The maximum absolute atomic E-state index is 13.2. The minimum Gasteiger partial charge on any atom is -0.504 e. The number of Topliss-reactive ketones (excluding diaryl/α,β-unsaturated/α-hetero) is 1. The predicted octanol–water partition coefficient (Wildman–Crippen LogP) is -0.0392. The summed E-state index contributed by atoms with van der Waals surface area (Å²) in [5, 5.41) is 33.4. The van der Waals surface area contributed by atoms with Gasteiger partial charge in [-0.05, 0) is 30.3 Å². The molecule has 2 saturated heterocycles. The highest BCUT2D eigenvalue weighted by molar-refractivity contribution is 5.95. The average molecular weight is 494 g/mol. The second-order valence-electron chi connectivity index (χ2n) is 10.7. The SMILES string of the molecule is CCC(=O)OC1C(=O)OC2CC3C(C)=C(O)C(=O)CC3(C)C3C(O)C(O)C4(C(=O)OC)OCC23C14. The number of esters is 3. The predicted molar refractivity (Wildman–Crippen MR) is 113 cm³/mol. The number of carbonyl (C=O) groups excluding carboxylic acids is 4. The highest BCUT2D eigenvalue weighted by Gasteiger charge is 2.85. The summed E-state index contributed by atoms with van der Waals surface area (Å²) in [6, 6.07) is 0. The van der Waals surface area contributed by atoms with Crippen molar-refractivity contribution < 1.29 is 53.4 Å². The maximum Gasteiger partial charge on any atom is 0.348 e. The van der Waals surface area contributed by atoms with E-state index in [-0.39, 0.29) is 31.6 Å². The van der Waals surface area contributed by atoms with E-state index in [0.29, 0.717) is 5.57 Å². The molecule has 2 aliphatic heterocycles. The first kappa shape index (κ1) is 24.2. The van der Waals surface area contributed by atoms with Gasteiger partial charge in [-0.3, -0.25) is 9.59 Å². The topological polar surface area (TPSA) is 166 Å². The van der Waals surface area contributed by atoms with E-state index >= 15 is 0 Å². The summed E-state index contributed by atoms with van der Waals surface area (Å²) in [7, 11) is 1.09. The van der Waals surface area contributed by atoms with Crippen molar-refractivity contribution in [2.45, 2.75) is 70.1 Å². The van der Waals surface area contributed by atoms with Gasteiger partial charge in [-0.15, -0.1) is 0 Å². The second-order valence-corrected chi connectivity index (χ2v) is 10.7. The molecule has 10 unspecified atom stereocenters. The largest absolute Gasteiger partial charge is 0.504 e. The number of hydrogen-bond donors (Lipinski definition) is 3. The summed E-state index contributed by atoms with van der Waals surface area (Å²) >= 11 is 0. The molecule has 0 amide bonds. The number of fused-ring (bicyclic) bond motifs is 2. The molecule has 35 heavy (non-hydrogen) atoms. The average Bonchev–Trinajstić information content (AvgIpc) is 3.13. The first-order valence-electron chi connectivity index (χ1n) is 11.8. The van der Waals surface area contributed by atoms with E-state index in [1.807, 2.05) is 0 Å². The van der Waals surface area contributed by atoms with Crippen molar-refractivity contribution in [1.82, 2.24) is 0 Å². The number of ketones is 1. The summed E-state index contributed by atoms with van der Waals surface area (Å²) < 4.78 is 22.3. The summed E-state index contributed by atoms with van der Waals surface area (Å²) in [5.74, 6) is -6.04. The van der Waals surface area contributed by atoms with Gasteiger partial charge in [0, 0.05) is 24.2 Å². The first-order valence-corrected chi connectivity index (χ1v) is 11.8. The van der Waals surface area contributed by atoms with Crippen molar-refractivity contribution >= 4 is 23.7 Å². The maximum atomic E-state index is 13.2. The summed E-state index contributed by atoms with van der Waals surface area (Å²) in [5.41, 5.74) is -4.02. The molecule has 2 bridgehead atoms. The lowest BCUT2D eigenvalue weighted by molar-refractivity contribution is -0.290. The molecule has 1 spiro atoms. The van der Waals surface area contributed by atoms with Crippen molar-refractivity contribution in [1.29, 1.82) is 0 Å². The Labute approximate surface area is 201 Å². The van der Waals surface area contributed by atoms with E-state index in [2.05, 4.69) is 0 Å². The zero-order valence-electron chi connectivity index (χ0n) is 20.0. The number of carbonyl (C=O) groups is 4. The van der Waals surface area contributed by atoms with Gasteiger partial charge in [-0.2, -0.15) is 0 Å². The highest BCUT2D eigenvalue weighted by atomic mass is 16.6. The van der Waals surface area contributed by atoms with Crippen LogP contribution in [0.1, 0.15) is 40.0 Å². The zero-order chi connectivity index (χ0) is 25.7. The summed E-state index contributed by atoms with van der Waals surface area (Å²) in [4.78, 5) is 51.5. The highest BCUT2D eigenvalue weighted by Crippen LogP contribution is 2.72. The van der Waals surface area contributed by atoms with Gasteiger partial charge >= 0.3 is 17.9 Å². The number of aliphatic hydroxyl groups is 3. The quantitative estimate of drug-likeness (QED) is 0.356. The van der Waals surface area contributed by atoms with Crippen molar-refractivity contribution in [3.63, 3.8) is 0 Å². The van der Waals surface area contributed by atoms with E-state index in [0.717, 1.165) is 7.11 Å². The number of allylic oxidation sites excluding steroid dienone is 2. The second kappa shape index (κ2) is 7.50. The lowest BCUT2D eigenvalue weighted by Crippen LogP contribution is -2.79. The van der Waals surface area contributed by atoms with Gasteiger partial charge < -0.3 is 34.3 Å². The Hall–Kier alpha value is -2.50. The fourth-order valence-corrected chi connectivity index (χ4v) is 8.08. The first-order chi connectivity index (χ1) is 16.4. The number of rotatable bonds is 3. The van der Waals surface area contributed by atoms with Crippen LogP contribution in [-0.2, 0) is 38.1 Å². The molecule has 0 aromatic rings. The number of ether oxygens (including phenoxy) is 4. The minimum absolute atomic E-state index is 0.0504. The van der Waals surface area contributed by atoms with Crippen molar-refractivity contribution in [3.8, 4) is 0 Å². The monoisotopic (exact) mass is 494 g/mol. The van der Waals surface area contributed by atoms with E-state index in [9.17, 15) is 34.5 Å². The van der Waals surface area contributed by atoms with Crippen LogP contribution in [-0.4, -0.2) is 82.7 Å². The van der Waals surface area contributed by atoms with Gasteiger partial charge in [0.25, 0.3) is 0 Å². The van der Waals surface area contributed by atoms with Crippen molar-refractivity contribution in [3.05, 3.63) is 11.3 Å².